The fourth-order valence-electron chi connectivity index (χ4n) is 1.26. The second kappa shape index (κ2) is 7.33. The molecule has 0 aliphatic carbocycles. The van der Waals surface area contributed by atoms with Crippen LogP contribution in [0.15, 0.2) is 34.5 Å². The van der Waals surface area contributed by atoms with Gasteiger partial charge in [-0.3, -0.25) is 0 Å². The van der Waals surface area contributed by atoms with Crippen molar-refractivity contribution < 1.29 is 4.74 Å². The molecule has 0 bridgehead atoms. The van der Waals surface area contributed by atoms with Crippen molar-refractivity contribution in [1.82, 2.24) is 0 Å². The van der Waals surface area contributed by atoms with Crippen LogP contribution in [0.2, 0.25) is 0 Å². The summed E-state index contributed by atoms with van der Waals surface area (Å²) in [5.74, 6) is 1.94. The Balaban J connectivity index is 2.78. The van der Waals surface area contributed by atoms with E-state index in [2.05, 4.69) is 64.5 Å². The maximum Gasteiger partial charge on any atom is 0.141 e. The third-order valence-electron chi connectivity index (χ3n) is 2.14. The van der Waals surface area contributed by atoms with Gasteiger partial charge in [0.25, 0.3) is 0 Å². The summed E-state index contributed by atoms with van der Waals surface area (Å²) >= 11 is 5.80. The second-order valence-corrected chi connectivity index (χ2v) is 5.59. The minimum absolute atomic E-state index is 0.893. The summed E-state index contributed by atoms with van der Waals surface area (Å²) in [6.07, 6.45) is 5.33. The lowest BCUT2D eigenvalue weighted by atomic mass is 10.2. The molecule has 0 unspecified atom stereocenters. The Hall–Kier alpha value is -0.0300. The summed E-state index contributed by atoms with van der Waals surface area (Å²) < 4.78 is 8.07. The van der Waals surface area contributed by atoms with Crippen molar-refractivity contribution in [1.29, 1.82) is 0 Å². The van der Waals surface area contributed by atoms with E-state index in [1.807, 2.05) is 12.1 Å². The minimum Gasteiger partial charge on any atom is -0.461 e. The molecule has 0 saturated carbocycles. The van der Waals surface area contributed by atoms with Crippen molar-refractivity contribution in [3.8, 4) is 5.75 Å². The molecule has 0 aromatic heterocycles. The topological polar surface area (TPSA) is 9.23 Å². The number of ether oxygens (including phenoxy) is 1. The third kappa shape index (κ3) is 4.45. The van der Waals surface area contributed by atoms with Gasteiger partial charge in [-0.25, -0.2) is 0 Å². The smallest absolute Gasteiger partial charge is 0.141 e. The molecular weight excluding hydrogens is 379 g/mol. The predicted molar refractivity (Wildman–Crippen MR) is 80.8 cm³/mol. The summed E-state index contributed by atoms with van der Waals surface area (Å²) in [7, 11) is 0. The first-order chi connectivity index (χ1) is 7.67. The molecule has 1 aromatic carbocycles. The zero-order valence-electron chi connectivity index (χ0n) is 9.59. The summed E-state index contributed by atoms with van der Waals surface area (Å²) in [5.41, 5.74) is 0. The van der Waals surface area contributed by atoms with Crippen LogP contribution in [0.1, 0.15) is 33.1 Å². The van der Waals surface area contributed by atoms with Gasteiger partial charge in [0.2, 0.25) is 0 Å². The van der Waals surface area contributed by atoms with E-state index in [1.165, 1.54) is 3.57 Å². The van der Waals surface area contributed by atoms with E-state index < -0.39 is 0 Å². The Labute approximate surface area is 120 Å². The highest BCUT2D eigenvalue weighted by molar-refractivity contribution is 14.1. The number of hydrogen-bond donors (Lipinski definition) is 0. The number of rotatable bonds is 5. The Bertz CT molecular complexity index is 374. The van der Waals surface area contributed by atoms with Crippen molar-refractivity contribution >= 4 is 38.5 Å². The number of halogens is 2. The molecule has 0 atom stereocenters. The van der Waals surface area contributed by atoms with Gasteiger partial charge >= 0.3 is 0 Å². The summed E-state index contributed by atoms with van der Waals surface area (Å²) in [6, 6.07) is 6.11. The highest BCUT2D eigenvalue weighted by Crippen LogP contribution is 2.28. The van der Waals surface area contributed by atoms with Crippen LogP contribution >= 0.6 is 38.5 Å². The van der Waals surface area contributed by atoms with Crippen LogP contribution in [0.4, 0.5) is 0 Å². The molecular formula is C13H16BrIO. The van der Waals surface area contributed by atoms with Crippen molar-refractivity contribution in [3.05, 3.63) is 38.1 Å². The number of benzene rings is 1. The van der Waals surface area contributed by atoms with Gasteiger partial charge in [-0.05, 0) is 69.2 Å². The van der Waals surface area contributed by atoms with E-state index in [0.717, 1.165) is 35.2 Å². The zero-order chi connectivity index (χ0) is 12.0. The predicted octanol–water partition coefficient (Wildman–Crippen LogP) is 5.53. The summed E-state index contributed by atoms with van der Waals surface area (Å²) in [6.45, 7) is 4.28. The lowest BCUT2D eigenvalue weighted by Crippen LogP contribution is -1.95. The van der Waals surface area contributed by atoms with Crippen molar-refractivity contribution in [2.24, 2.45) is 0 Å². The van der Waals surface area contributed by atoms with Gasteiger partial charge in [-0.15, -0.1) is 0 Å². The molecule has 0 fully saturated rings. The molecule has 1 rings (SSSR count). The maximum atomic E-state index is 5.86. The quantitative estimate of drug-likeness (QED) is 0.471. The van der Waals surface area contributed by atoms with Crippen LogP contribution in [0.5, 0.6) is 5.75 Å². The van der Waals surface area contributed by atoms with Crippen LogP contribution in [0.3, 0.4) is 0 Å². The molecule has 88 valence electrons. The average molecular weight is 395 g/mol. The lowest BCUT2D eigenvalue weighted by molar-refractivity contribution is 0.404. The van der Waals surface area contributed by atoms with Gasteiger partial charge in [-0.1, -0.05) is 20.3 Å². The van der Waals surface area contributed by atoms with Gasteiger partial charge in [0.05, 0.1) is 10.2 Å². The first kappa shape index (κ1) is 14.0. The molecule has 1 nitrogen and oxygen atoms in total. The standard InChI is InChI=1S/C13H16BrIO/c1-3-5-6-11(4-2)16-13-8-7-10(15)9-12(13)14/h6-9H,3-5H2,1-2H3/b11-6+. The third-order valence-corrected chi connectivity index (χ3v) is 3.43. The molecule has 0 aliphatic rings. The van der Waals surface area contributed by atoms with E-state index in [1.54, 1.807) is 0 Å². The molecule has 0 aliphatic heterocycles. The zero-order valence-corrected chi connectivity index (χ0v) is 13.3. The van der Waals surface area contributed by atoms with E-state index >= 15 is 0 Å². The first-order valence-electron chi connectivity index (χ1n) is 5.49. The van der Waals surface area contributed by atoms with Gasteiger partial charge in [0, 0.05) is 9.99 Å². The van der Waals surface area contributed by atoms with Gasteiger partial charge in [-0.2, -0.15) is 0 Å². The molecule has 0 saturated heterocycles. The average Bonchev–Trinajstić information content (AvgIpc) is 2.27. The van der Waals surface area contributed by atoms with E-state index in [-0.39, 0.29) is 0 Å². The van der Waals surface area contributed by atoms with Crippen LogP contribution in [0.25, 0.3) is 0 Å². The van der Waals surface area contributed by atoms with E-state index in [0.29, 0.717) is 0 Å². The number of hydrogen-bond acceptors (Lipinski definition) is 1. The molecule has 0 radical (unpaired) electrons. The van der Waals surface area contributed by atoms with Crippen LogP contribution in [-0.4, -0.2) is 0 Å². The minimum atomic E-state index is 0.893. The maximum absolute atomic E-state index is 5.86. The number of allylic oxidation sites excluding steroid dienone is 2. The van der Waals surface area contributed by atoms with Crippen LogP contribution in [0, 0.1) is 3.57 Å². The van der Waals surface area contributed by atoms with Crippen LogP contribution in [-0.2, 0) is 0 Å². The van der Waals surface area contributed by atoms with Gasteiger partial charge in [0.1, 0.15) is 5.75 Å². The monoisotopic (exact) mass is 394 g/mol. The number of unbranched alkanes of at least 4 members (excludes halogenated alkanes) is 1. The highest BCUT2D eigenvalue weighted by atomic mass is 127. The van der Waals surface area contributed by atoms with Crippen molar-refractivity contribution in [3.63, 3.8) is 0 Å². The molecule has 0 N–H and O–H groups in total. The summed E-state index contributed by atoms with van der Waals surface area (Å²) in [5, 5.41) is 0. The molecule has 3 heteroatoms. The Morgan fingerprint density at radius 3 is 2.75 bits per heavy atom. The van der Waals surface area contributed by atoms with Gasteiger partial charge in [0.15, 0.2) is 0 Å². The lowest BCUT2D eigenvalue weighted by Gasteiger charge is -2.10. The Kier molecular flexibility index (Phi) is 6.43. The largest absolute Gasteiger partial charge is 0.461 e. The molecule has 0 heterocycles. The molecule has 1 aromatic rings. The van der Waals surface area contributed by atoms with Crippen molar-refractivity contribution in [2.75, 3.05) is 0 Å². The fourth-order valence-corrected chi connectivity index (χ4v) is 2.64. The Morgan fingerprint density at radius 2 is 2.19 bits per heavy atom. The van der Waals surface area contributed by atoms with E-state index in [4.69, 9.17) is 4.74 Å². The highest BCUT2D eigenvalue weighted by Gasteiger charge is 2.03. The van der Waals surface area contributed by atoms with Crippen molar-refractivity contribution in [2.45, 2.75) is 33.1 Å². The first-order valence-corrected chi connectivity index (χ1v) is 7.36. The second-order valence-electron chi connectivity index (χ2n) is 3.49. The Morgan fingerprint density at radius 1 is 1.44 bits per heavy atom. The fraction of sp³-hybridized carbons (Fsp3) is 0.385. The van der Waals surface area contributed by atoms with E-state index in [9.17, 15) is 0 Å². The van der Waals surface area contributed by atoms with Gasteiger partial charge < -0.3 is 4.74 Å². The van der Waals surface area contributed by atoms with Crippen LogP contribution < -0.4 is 4.74 Å². The SMILES string of the molecule is CCC/C=C(\CC)Oc1ccc(I)cc1Br. The molecule has 0 amide bonds. The molecule has 16 heavy (non-hydrogen) atoms. The normalized spacial score (nSPS) is 11.6. The molecule has 0 spiro atoms. The summed E-state index contributed by atoms with van der Waals surface area (Å²) in [4.78, 5) is 0.